The smallest absolute Gasteiger partial charge is 0.251 e. The number of fused-ring (bicyclic) bond motifs is 1. The molecule has 322 valence electrons. The zero-order chi connectivity index (χ0) is 42.9. The minimum absolute atomic E-state index is 0.00409. The average Bonchev–Trinajstić information content (AvgIpc) is 3.69. The number of aliphatic hydroxyl groups excluding tert-OH is 1. The number of ether oxygens (including phenoxy) is 1. The van der Waals surface area contributed by atoms with Gasteiger partial charge in [0.2, 0.25) is 23.7 Å². The third-order valence-electron chi connectivity index (χ3n) is 12.6. The number of amides is 4. The number of aliphatic hydroxyl groups is 1. The highest BCUT2D eigenvalue weighted by molar-refractivity contribution is 6.04. The van der Waals surface area contributed by atoms with Crippen LogP contribution in [-0.4, -0.2) is 115 Å². The Morgan fingerprint density at radius 2 is 1.82 bits per heavy atom. The van der Waals surface area contributed by atoms with Crippen molar-refractivity contribution in [2.24, 2.45) is 5.92 Å². The topological polar surface area (TPSA) is 173 Å². The van der Waals surface area contributed by atoms with Crippen LogP contribution in [0.4, 0.5) is 37.6 Å². The molecule has 4 N–H and O–H groups in total. The number of hydrogen-bond acceptors (Lipinski definition) is 12. The van der Waals surface area contributed by atoms with E-state index < -0.39 is 34.9 Å². The largest absolute Gasteiger partial charge is 0.495 e. The van der Waals surface area contributed by atoms with Gasteiger partial charge >= 0.3 is 0 Å². The number of piperidine rings is 2. The van der Waals surface area contributed by atoms with Crippen LogP contribution in [0.15, 0.2) is 36.5 Å². The molecule has 1 aromatic heterocycles. The normalized spacial score (nSPS) is 21.9. The van der Waals surface area contributed by atoms with Crippen molar-refractivity contribution in [3.63, 3.8) is 0 Å². The summed E-state index contributed by atoms with van der Waals surface area (Å²) in [4.78, 5) is 67.9. The first-order chi connectivity index (χ1) is 28.7. The maximum Gasteiger partial charge on any atom is 0.251 e. The zero-order valence-corrected chi connectivity index (χ0v) is 34.9. The summed E-state index contributed by atoms with van der Waals surface area (Å²) in [6, 6.07) is 7.34. The first-order valence-electron chi connectivity index (χ1n) is 20.9. The molecule has 7 rings (SSSR count). The van der Waals surface area contributed by atoms with Gasteiger partial charge in [0.1, 0.15) is 29.1 Å². The molecule has 4 aliphatic heterocycles. The summed E-state index contributed by atoms with van der Waals surface area (Å²) in [6.07, 6.45) is 4.86. The molecular formula is C43H55F2N9O6. The summed E-state index contributed by atoms with van der Waals surface area (Å²) in [5.74, 6) is -2.39. The molecule has 3 saturated heterocycles. The molecule has 5 heterocycles. The number of carbonyl (C=O) groups is 4. The molecule has 4 amide bonds. The van der Waals surface area contributed by atoms with E-state index in [1.807, 2.05) is 30.6 Å². The summed E-state index contributed by atoms with van der Waals surface area (Å²) in [6.45, 7) is 9.37. The third kappa shape index (κ3) is 8.59. The van der Waals surface area contributed by atoms with E-state index in [-0.39, 0.29) is 54.8 Å². The maximum absolute atomic E-state index is 15.3. The van der Waals surface area contributed by atoms with E-state index >= 15 is 8.78 Å². The van der Waals surface area contributed by atoms with Crippen LogP contribution >= 0.6 is 0 Å². The molecule has 2 aromatic carbocycles. The summed E-state index contributed by atoms with van der Waals surface area (Å²) >= 11 is 0. The minimum atomic E-state index is -1.04. The number of rotatable bonds is 13. The number of hydrogen-bond donors (Lipinski definition) is 4. The van der Waals surface area contributed by atoms with Crippen LogP contribution in [0.2, 0.25) is 0 Å². The van der Waals surface area contributed by atoms with Crippen molar-refractivity contribution in [2.75, 3.05) is 73.5 Å². The van der Waals surface area contributed by atoms with Crippen LogP contribution in [0, 0.1) is 17.6 Å². The molecule has 0 spiro atoms. The Bertz CT molecular complexity index is 2110. The number of likely N-dealkylation sites (tertiary alicyclic amines) is 1. The summed E-state index contributed by atoms with van der Waals surface area (Å²) in [5, 5.41) is 18.7. The molecular weight excluding hydrogens is 777 g/mol. The van der Waals surface area contributed by atoms with Crippen LogP contribution < -0.4 is 35.4 Å². The third-order valence-corrected chi connectivity index (χ3v) is 12.6. The number of likely N-dealkylation sites (N-methyl/N-ethyl adjacent to an activating group) is 1. The van der Waals surface area contributed by atoms with Crippen LogP contribution in [0.3, 0.4) is 0 Å². The SMILES string of the molecule is CC[C@@H]1C(=O)N(C)c2cnc(Nc3ccc(C(=O)NC4(CCO)CCN(C[C@@H]5CCN(c6cc(F)c(C7CCC(=O)NC7=O)c(F)c6)C5)CC4)cc3OC)nc2N1C(C)C. The highest BCUT2D eigenvalue weighted by atomic mass is 19.1. The Balaban J connectivity index is 0.959. The highest BCUT2D eigenvalue weighted by Gasteiger charge is 2.40. The number of aromatic nitrogens is 2. The fourth-order valence-electron chi connectivity index (χ4n) is 9.26. The number of benzene rings is 2. The van der Waals surface area contributed by atoms with Crippen LogP contribution in [0.5, 0.6) is 5.75 Å². The molecule has 1 unspecified atom stereocenters. The average molecular weight is 832 g/mol. The van der Waals surface area contributed by atoms with E-state index in [1.54, 1.807) is 36.3 Å². The zero-order valence-electron chi connectivity index (χ0n) is 34.9. The molecule has 3 aromatic rings. The molecule has 0 radical (unpaired) electrons. The number of halogens is 2. The summed E-state index contributed by atoms with van der Waals surface area (Å²) in [5.41, 5.74) is 1.09. The van der Waals surface area contributed by atoms with E-state index in [4.69, 9.17) is 9.72 Å². The first-order valence-corrected chi connectivity index (χ1v) is 20.9. The molecule has 0 bridgehead atoms. The van der Waals surface area contributed by atoms with E-state index in [9.17, 15) is 24.3 Å². The van der Waals surface area contributed by atoms with Crippen molar-refractivity contribution in [3.8, 4) is 5.75 Å². The molecule has 60 heavy (non-hydrogen) atoms. The Labute approximate surface area is 348 Å². The second-order valence-electron chi connectivity index (χ2n) is 16.7. The van der Waals surface area contributed by atoms with Crippen molar-refractivity contribution in [1.82, 2.24) is 25.5 Å². The van der Waals surface area contributed by atoms with Gasteiger partial charge in [0.15, 0.2) is 5.82 Å². The van der Waals surface area contributed by atoms with Gasteiger partial charge in [-0.05, 0) is 88.6 Å². The van der Waals surface area contributed by atoms with Crippen LogP contribution in [-0.2, 0) is 14.4 Å². The van der Waals surface area contributed by atoms with Crippen molar-refractivity contribution in [3.05, 3.63) is 59.3 Å². The Kier molecular flexibility index (Phi) is 12.6. The second-order valence-corrected chi connectivity index (χ2v) is 16.7. The van der Waals surface area contributed by atoms with Crippen LogP contribution in [0.1, 0.15) is 87.6 Å². The van der Waals surface area contributed by atoms with Gasteiger partial charge in [-0.25, -0.2) is 13.8 Å². The molecule has 15 nitrogen and oxygen atoms in total. The number of nitrogens with zero attached hydrogens (tertiary/aromatic N) is 6. The van der Waals surface area contributed by atoms with Crippen molar-refractivity contribution >= 4 is 52.5 Å². The van der Waals surface area contributed by atoms with Gasteiger partial charge in [0.05, 0.1) is 24.9 Å². The Morgan fingerprint density at radius 1 is 1.08 bits per heavy atom. The van der Waals surface area contributed by atoms with Gasteiger partial charge in [-0.15, -0.1) is 0 Å². The highest BCUT2D eigenvalue weighted by Crippen LogP contribution is 2.38. The standard InChI is InChI=1S/C43H55F2N9O6/c1-6-33-41(59)51(4)34-22-46-42(49-38(34)54(33)25(2)3)47-32-9-7-27(19-35(32)60-5)39(57)50-43(14-18-55)12-16-52(17-13-43)23-26-11-15-53(24-26)28-20-30(44)37(31(45)21-28)29-8-10-36(56)48-40(29)58/h7,9,19-22,25-26,29,33,55H,6,8,10-18,23-24H2,1-5H3,(H,50,57)(H,46,47,49)(H,48,56,58)/t26-,29?,33+/m0/s1. The van der Waals surface area contributed by atoms with E-state index in [0.717, 1.165) is 13.0 Å². The summed E-state index contributed by atoms with van der Waals surface area (Å²) < 4.78 is 36.2. The van der Waals surface area contributed by atoms with E-state index in [1.165, 1.54) is 19.2 Å². The predicted molar refractivity (Wildman–Crippen MR) is 223 cm³/mol. The van der Waals surface area contributed by atoms with E-state index in [0.29, 0.717) is 92.0 Å². The van der Waals surface area contributed by atoms with Crippen LogP contribution in [0.25, 0.3) is 0 Å². The molecule has 3 atom stereocenters. The fourth-order valence-corrected chi connectivity index (χ4v) is 9.26. The van der Waals surface area contributed by atoms with E-state index in [2.05, 4.69) is 25.8 Å². The molecule has 4 aliphatic rings. The van der Waals surface area contributed by atoms with Gasteiger partial charge in [-0.1, -0.05) is 6.92 Å². The summed E-state index contributed by atoms with van der Waals surface area (Å²) in [7, 11) is 3.25. The van der Waals surface area contributed by atoms with Crippen molar-refractivity contribution in [1.29, 1.82) is 0 Å². The number of imide groups is 1. The lowest BCUT2D eigenvalue weighted by molar-refractivity contribution is -0.134. The maximum atomic E-state index is 15.3. The Hall–Kier alpha value is -5.42. The number of carbonyl (C=O) groups excluding carboxylic acids is 4. The van der Waals surface area contributed by atoms with Gasteiger partial charge in [-0.3, -0.25) is 24.5 Å². The number of methoxy groups -OCH3 is 1. The van der Waals surface area contributed by atoms with Gasteiger partial charge < -0.3 is 40.1 Å². The first kappa shape index (κ1) is 42.7. The molecule has 17 heteroatoms. The fraction of sp³-hybridized carbons (Fsp3) is 0.535. The molecule has 0 saturated carbocycles. The molecule has 0 aliphatic carbocycles. The number of anilines is 5. The lowest BCUT2D eigenvalue weighted by atomic mass is 9.84. The predicted octanol–water partition coefficient (Wildman–Crippen LogP) is 4.47. The molecule has 3 fully saturated rings. The van der Waals surface area contributed by atoms with Gasteiger partial charge in [0, 0.05) is 81.2 Å². The lowest BCUT2D eigenvalue weighted by Gasteiger charge is -2.43. The van der Waals surface area contributed by atoms with Gasteiger partial charge in [-0.2, -0.15) is 4.98 Å². The number of nitrogens with one attached hydrogen (secondary N) is 3. The van der Waals surface area contributed by atoms with Gasteiger partial charge in [0.25, 0.3) is 5.91 Å². The van der Waals surface area contributed by atoms with Crippen molar-refractivity contribution < 1.29 is 37.8 Å². The van der Waals surface area contributed by atoms with Crippen molar-refractivity contribution in [2.45, 2.75) is 89.3 Å². The second kappa shape index (κ2) is 17.7. The lowest BCUT2D eigenvalue weighted by Crippen LogP contribution is -2.56. The minimum Gasteiger partial charge on any atom is -0.495 e. The monoisotopic (exact) mass is 831 g/mol. The Morgan fingerprint density at radius 3 is 2.47 bits per heavy atom. The quantitative estimate of drug-likeness (QED) is 0.179.